The lowest BCUT2D eigenvalue weighted by Crippen LogP contribution is -2.21. The molecule has 9 nitrogen and oxygen atoms in total. The molecule has 2 aromatic heterocycles. The Labute approximate surface area is 175 Å². The second kappa shape index (κ2) is 9.64. The lowest BCUT2D eigenvalue weighted by Gasteiger charge is -2.15. The van der Waals surface area contributed by atoms with Crippen LogP contribution in [0.5, 0.6) is 5.75 Å². The quantitative estimate of drug-likeness (QED) is 0.485. The van der Waals surface area contributed by atoms with Crippen molar-refractivity contribution < 1.29 is 19.5 Å². The van der Waals surface area contributed by atoms with Gasteiger partial charge in [0.1, 0.15) is 24.2 Å². The molecule has 0 unspecified atom stereocenters. The Morgan fingerprint density at radius 2 is 1.83 bits per heavy atom. The second-order valence-corrected chi connectivity index (χ2v) is 6.96. The molecule has 1 atom stereocenters. The van der Waals surface area contributed by atoms with Crippen molar-refractivity contribution in [3.05, 3.63) is 35.0 Å². The summed E-state index contributed by atoms with van der Waals surface area (Å²) in [4.78, 5) is 13.4. The minimum absolute atomic E-state index is 0.0193. The number of benzene rings is 1. The van der Waals surface area contributed by atoms with Gasteiger partial charge in [0.15, 0.2) is 0 Å². The van der Waals surface area contributed by atoms with E-state index in [0.29, 0.717) is 35.7 Å². The molecule has 0 aliphatic carbocycles. The van der Waals surface area contributed by atoms with Crippen molar-refractivity contribution in [1.82, 2.24) is 20.1 Å². The van der Waals surface area contributed by atoms with Gasteiger partial charge in [-0.1, -0.05) is 12.1 Å². The number of nitrogens with zero attached hydrogens (tertiary/aromatic N) is 4. The Balaban J connectivity index is 1.88. The number of aliphatic hydroxyl groups excluding tert-OH is 2. The molecule has 0 saturated heterocycles. The first-order chi connectivity index (χ1) is 14.4. The smallest absolute Gasteiger partial charge is 0.277 e. The van der Waals surface area contributed by atoms with Gasteiger partial charge < -0.3 is 24.8 Å². The maximum Gasteiger partial charge on any atom is 0.277 e. The molecule has 3 aromatic rings. The van der Waals surface area contributed by atoms with Gasteiger partial charge in [0, 0.05) is 17.8 Å². The summed E-state index contributed by atoms with van der Waals surface area (Å²) in [5.74, 6) is 1.96. The van der Waals surface area contributed by atoms with Crippen LogP contribution in [-0.2, 0) is 6.42 Å². The van der Waals surface area contributed by atoms with Crippen molar-refractivity contribution >= 4 is 5.95 Å². The molecule has 0 amide bonds. The average Bonchev–Trinajstić information content (AvgIpc) is 3.23. The summed E-state index contributed by atoms with van der Waals surface area (Å²) in [6, 6.07) is 5.63. The van der Waals surface area contributed by atoms with Crippen LogP contribution in [0, 0.1) is 13.8 Å². The van der Waals surface area contributed by atoms with Crippen molar-refractivity contribution in [2.75, 3.05) is 25.1 Å². The van der Waals surface area contributed by atoms with E-state index in [1.54, 1.807) is 0 Å². The number of aryl methyl sites for hydroxylation is 3. The van der Waals surface area contributed by atoms with E-state index in [1.807, 2.05) is 45.9 Å². The minimum Gasteiger partial charge on any atom is -0.490 e. The third-order valence-corrected chi connectivity index (χ3v) is 4.47. The highest BCUT2D eigenvalue weighted by Crippen LogP contribution is 2.30. The summed E-state index contributed by atoms with van der Waals surface area (Å²) in [5, 5.41) is 25.7. The van der Waals surface area contributed by atoms with E-state index in [2.05, 4.69) is 25.4 Å². The van der Waals surface area contributed by atoms with Crippen LogP contribution in [0.4, 0.5) is 5.95 Å². The Bertz CT molecular complexity index is 982. The van der Waals surface area contributed by atoms with Gasteiger partial charge >= 0.3 is 0 Å². The number of aliphatic hydroxyl groups is 2. The van der Waals surface area contributed by atoms with E-state index in [1.165, 1.54) is 0 Å². The maximum atomic E-state index is 9.51. The molecule has 0 spiro atoms. The summed E-state index contributed by atoms with van der Waals surface area (Å²) in [6.45, 7) is 8.19. The van der Waals surface area contributed by atoms with E-state index >= 15 is 0 Å². The van der Waals surface area contributed by atoms with Crippen molar-refractivity contribution in [3.63, 3.8) is 0 Å². The second-order valence-electron chi connectivity index (χ2n) is 6.96. The van der Waals surface area contributed by atoms with Crippen LogP contribution >= 0.6 is 0 Å². The van der Waals surface area contributed by atoms with Crippen LogP contribution in [-0.4, -0.2) is 56.2 Å². The predicted octanol–water partition coefficient (Wildman–Crippen LogP) is 2.54. The van der Waals surface area contributed by atoms with Gasteiger partial charge in [-0.2, -0.15) is 4.98 Å². The topological polar surface area (TPSA) is 126 Å². The first kappa shape index (κ1) is 21.7. The first-order valence-electron chi connectivity index (χ1n) is 9.94. The van der Waals surface area contributed by atoms with Crippen LogP contribution in [0.3, 0.4) is 0 Å². The molecule has 30 heavy (non-hydrogen) atoms. The summed E-state index contributed by atoms with van der Waals surface area (Å²) in [7, 11) is 0. The van der Waals surface area contributed by atoms with Gasteiger partial charge in [0.2, 0.25) is 11.8 Å². The van der Waals surface area contributed by atoms with E-state index in [-0.39, 0.29) is 13.2 Å². The number of hydrogen-bond acceptors (Lipinski definition) is 9. The number of rotatable bonds is 9. The summed E-state index contributed by atoms with van der Waals surface area (Å²) < 4.78 is 11.1. The Morgan fingerprint density at radius 1 is 1.10 bits per heavy atom. The Kier molecular flexibility index (Phi) is 6.96. The largest absolute Gasteiger partial charge is 0.490 e. The highest BCUT2D eigenvalue weighted by molar-refractivity contribution is 5.63. The van der Waals surface area contributed by atoms with Gasteiger partial charge in [-0.25, -0.2) is 9.97 Å². The first-order valence-corrected chi connectivity index (χ1v) is 9.94. The number of hydrogen-bond donors (Lipinski definition) is 3. The van der Waals surface area contributed by atoms with Gasteiger partial charge in [-0.15, -0.1) is 0 Å². The fourth-order valence-electron chi connectivity index (χ4n) is 3.01. The summed E-state index contributed by atoms with van der Waals surface area (Å²) in [6.07, 6.45) is -0.157. The summed E-state index contributed by atoms with van der Waals surface area (Å²) >= 11 is 0. The molecular weight excluding hydrogens is 386 g/mol. The number of ether oxygens (including phenoxy) is 1. The van der Waals surface area contributed by atoms with E-state index in [9.17, 15) is 5.11 Å². The molecule has 3 rings (SSSR count). The summed E-state index contributed by atoms with van der Waals surface area (Å²) in [5.41, 5.74) is 3.97. The monoisotopic (exact) mass is 413 g/mol. The zero-order chi connectivity index (χ0) is 21.7. The highest BCUT2D eigenvalue weighted by Gasteiger charge is 2.17. The lowest BCUT2D eigenvalue weighted by molar-refractivity contribution is 0.0532. The molecule has 160 valence electrons. The average molecular weight is 413 g/mol. The van der Waals surface area contributed by atoms with Crippen molar-refractivity contribution in [1.29, 1.82) is 0 Å². The minimum atomic E-state index is -0.920. The molecule has 2 heterocycles. The van der Waals surface area contributed by atoms with Crippen LogP contribution in [0.1, 0.15) is 30.7 Å². The SMILES string of the molecule is CCNc1nc(CC)cc(-c2nc(-c3cc(C)c(OC[C@@H](O)CO)c(C)c3)no2)n1. The van der Waals surface area contributed by atoms with Crippen LogP contribution < -0.4 is 10.1 Å². The fourth-order valence-corrected chi connectivity index (χ4v) is 3.01. The van der Waals surface area contributed by atoms with Crippen LogP contribution in [0.25, 0.3) is 23.0 Å². The molecule has 3 N–H and O–H groups in total. The molecule has 0 bridgehead atoms. The fraction of sp³-hybridized carbons (Fsp3) is 0.429. The molecule has 0 aliphatic heterocycles. The van der Waals surface area contributed by atoms with Crippen molar-refractivity contribution in [2.24, 2.45) is 0 Å². The van der Waals surface area contributed by atoms with E-state index in [4.69, 9.17) is 14.4 Å². The zero-order valence-electron chi connectivity index (χ0n) is 17.6. The van der Waals surface area contributed by atoms with Gasteiger partial charge in [0.25, 0.3) is 5.89 Å². The third kappa shape index (κ3) is 4.92. The standard InChI is InChI=1S/C21H27N5O4/c1-5-15-9-17(24-21(23-15)22-6-2)20-25-19(26-30-20)14-7-12(3)18(13(4)8-14)29-11-16(28)10-27/h7-9,16,27-28H,5-6,10-11H2,1-4H3,(H,22,23,24)/t16-/m0/s1. The van der Waals surface area contributed by atoms with Gasteiger partial charge in [0.05, 0.1) is 6.61 Å². The Morgan fingerprint density at radius 3 is 2.47 bits per heavy atom. The third-order valence-electron chi connectivity index (χ3n) is 4.47. The molecule has 1 aromatic carbocycles. The highest BCUT2D eigenvalue weighted by atomic mass is 16.5. The molecule has 9 heteroatoms. The van der Waals surface area contributed by atoms with Gasteiger partial charge in [-0.05, 0) is 56.5 Å². The maximum absolute atomic E-state index is 9.51. The molecule has 0 radical (unpaired) electrons. The molecular formula is C21H27N5O4. The molecule has 0 fully saturated rings. The van der Waals surface area contributed by atoms with Crippen LogP contribution in [0.2, 0.25) is 0 Å². The van der Waals surface area contributed by atoms with E-state index in [0.717, 1.165) is 28.8 Å². The van der Waals surface area contributed by atoms with Crippen molar-refractivity contribution in [2.45, 2.75) is 40.2 Å². The molecule has 0 saturated carbocycles. The van der Waals surface area contributed by atoms with Gasteiger partial charge in [-0.3, -0.25) is 0 Å². The lowest BCUT2D eigenvalue weighted by atomic mass is 10.1. The number of anilines is 1. The predicted molar refractivity (Wildman–Crippen MR) is 112 cm³/mol. The zero-order valence-corrected chi connectivity index (χ0v) is 17.6. The van der Waals surface area contributed by atoms with E-state index < -0.39 is 6.10 Å². The van der Waals surface area contributed by atoms with Crippen LogP contribution in [0.15, 0.2) is 22.7 Å². The number of nitrogens with one attached hydrogen (secondary N) is 1. The molecule has 0 aliphatic rings. The normalized spacial score (nSPS) is 12.1. The van der Waals surface area contributed by atoms with Crippen molar-refractivity contribution in [3.8, 4) is 28.7 Å². The Hall–Kier alpha value is -3.04. The number of aromatic nitrogens is 4.